The van der Waals surface area contributed by atoms with Crippen LogP contribution in [-0.4, -0.2) is 27.8 Å². The highest BCUT2D eigenvalue weighted by Crippen LogP contribution is 2.17. The highest BCUT2D eigenvalue weighted by atomic mass is 35.5. The number of nitrogens with zero attached hydrogens (tertiary/aromatic N) is 1. The summed E-state index contributed by atoms with van der Waals surface area (Å²) in [6.45, 7) is 1.35. The summed E-state index contributed by atoms with van der Waals surface area (Å²) in [5.74, 6) is 0. The van der Waals surface area contributed by atoms with Crippen LogP contribution in [0.5, 0.6) is 0 Å². The van der Waals surface area contributed by atoms with Crippen molar-refractivity contribution in [3.8, 4) is 6.07 Å². The molecular formula is C11H14ClN3O2S. The van der Waals surface area contributed by atoms with Crippen molar-refractivity contribution < 1.29 is 8.42 Å². The molecule has 0 aliphatic heterocycles. The summed E-state index contributed by atoms with van der Waals surface area (Å²) in [4.78, 5) is 0. The number of nitriles is 1. The van der Waals surface area contributed by atoms with Crippen molar-refractivity contribution in [2.45, 2.75) is 6.54 Å². The van der Waals surface area contributed by atoms with E-state index in [0.717, 1.165) is 11.8 Å². The molecule has 1 aromatic carbocycles. The van der Waals surface area contributed by atoms with Gasteiger partial charge in [0.1, 0.15) is 0 Å². The van der Waals surface area contributed by atoms with Gasteiger partial charge in [0.15, 0.2) is 0 Å². The van der Waals surface area contributed by atoms with Gasteiger partial charge in [-0.1, -0.05) is 17.7 Å². The highest BCUT2D eigenvalue weighted by molar-refractivity contribution is 7.88. The molecule has 5 nitrogen and oxygen atoms in total. The van der Waals surface area contributed by atoms with Gasteiger partial charge < -0.3 is 5.32 Å². The van der Waals surface area contributed by atoms with Gasteiger partial charge in [0.25, 0.3) is 0 Å². The molecule has 1 aromatic rings. The lowest BCUT2D eigenvalue weighted by atomic mass is 10.1. The monoisotopic (exact) mass is 287 g/mol. The maximum Gasteiger partial charge on any atom is 0.208 e. The first kappa shape index (κ1) is 14.9. The minimum absolute atomic E-state index is 0.326. The summed E-state index contributed by atoms with van der Waals surface area (Å²) < 4.78 is 24.0. The van der Waals surface area contributed by atoms with E-state index in [0.29, 0.717) is 30.2 Å². The second-order valence-electron chi connectivity index (χ2n) is 3.76. The molecule has 1 rings (SSSR count). The molecule has 98 valence electrons. The van der Waals surface area contributed by atoms with Gasteiger partial charge in [-0.2, -0.15) is 5.26 Å². The summed E-state index contributed by atoms with van der Waals surface area (Å²) in [6.07, 6.45) is 1.12. The molecule has 0 saturated heterocycles. The van der Waals surface area contributed by atoms with Crippen LogP contribution >= 0.6 is 11.6 Å². The Bertz CT molecular complexity index is 552. The van der Waals surface area contributed by atoms with E-state index in [2.05, 4.69) is 10.0 Å². The van der Waals surface area contributed by atoms with Crippen LogP contribution in [0.4, 0.5) is 0 Å². The molecule has 0 amide bonds. The normalized spacial score (nSPS) is 11.2. The first-order valence-electron chi connectivity index (χ1n) is 5.26. The largest absolute Gasteiger partial charge is 0.311 e. The Morgan fingerprint density at radius 2 is 2.11 bits per heavy atom. The third-order valence-corrected chi connectivity index (χ3v) is 3.24. The molecule has 0 bridgehead atoms. The molecule has 0 heterocycles. The first-order chi connectivity index (χ1) is 8.42. The average Bonchev–Trinajstić information content (AvgIpc) is 2.29. The van der Waals surface area contributed by atoms with E-state index < -0.39 is 10.0 Å². The molecule has 0 spiro atoms. The maximum absolute atomic E-state index is 10.8. The number of hydrogen-bond donors (Lipinski definition) is 2. The number of halogens is 1. The van der Waals surface area contributed by atoms with Gasteiger partial charge in [0.2, 0.25) is 10.0 Å². The van der Waals surface area contributed by atoms with Crippen molar-refractivity contribution in [3.05, 3.63) is 34.3 Å². The summed E-state index contributed by atoms with van der Waals surface area (Å²) in [5, 5.41) is 12.3. The lowest BCUT2D eigenvalue weighted by Crippen LogP contribution is -2.30. The van der Waals surface area contributed by atoms with E-state index in [9.17, 15) is 8.42 Å². The lowest BCUT2D eigenvalue weighted by molar-refractivity contribution is 0.582. The average molecular weight is 288 g/mol. The fourth-order valence-corrected chi connectivity index (χ4v) is 2.03. The molecule has 0 saturated carbocycles. The van der Waals surface area contributed by atoms with E-state index >= 15 is 0 Å². The van der Waals surface area contributed by atoms with Gasteiger partial charge in [0, 0.05) is 24.7 Å². The molecule has 0 radical (unpaired) electrons. The number of nitrogens with one attached hydrogen (secondary N) is 2. The van der Waals surface area contributed by atoms with Crippen molar-refractivity contribution in [1.82, 2.24) is 10.0 Å². The minimum atomic E-state index is -3.14. The van der Waals surface area contributed by atoms with Crippen LogP contribution in [0.15, 0.2) is 18.2 Å². The number of rotatable bonds is 6. The molecule has 0 fully saturated rings. The fourth-order valence-electron chi connectivity index (χ4n) is 1.31. The highest BCUT2D eigenvalue weighted by Gasteiger charge is 2.02. The lowest BCUT2D eigenvalue weighted by Gasteiger charge is -2.07. The Labute approximate surface area is 112 Å². The molecule has 0 aromatic heterocycles. The fraction of sp³-hybridized carbons (Fsp3) is 0.364. The van der Waals surface area contributed by atoms with E-state index in [-0.39, 0.29) is 0 Å². The van der Waals surface area contributed by atoms with Crippen LogP contribution in [0, 0.1) is 11.3 Å². The van der Waals surface area contributed by atoms with Crippen LogP contribution < -0.4 is 10.0 Å². The molecule has 2 N–H and O–H groups in total. The van der Waals surface area contributed by atoms with Gasteiger partial charge in [-0.15, -0.1) is 0 Å². The Balaban J connectivity index is 2.39. The van der Waals surface area contributed by atoms with Crippen molar-refractivity contribution in [2.24, 2.45) is 0 Å². The second-order valence-corrected chi connectivity index (χ2v) is 6.00. The Morgan fingerprint density at radius 3 is 2.67 bits per heavy atom. The minimum Gasteiger partial charge on any atom is -0.311 e. The zero-order valence-electron chi connectivity index (χ0n) is 9.90. The van der Waals surface area contributed by atoms with Crippen LogP contribution in [0.25, 0.3) is 0 Å². The Hall–Kier alpha value is -1.13. The van der Waals surface area contributed by atoms with Gasteiger partial charge in [0.05, 0.1) is 17.9 Å². The van der Waals surface area contributed by atoms with Gasteiger partial charge in [-0.3, -0.25) is 0 Å². The summed E-state index contributed by atoms with van der Waals surface area (Å²) >= 11 is 5.99. The molecule has 0 unspecified atom stereocenters. The Morgan fingerprint density at radius 1 is 1.39 bits per heavy atom. The maximum atomic E-state index is 10.8. The van der Waals surface area contributed by atoms with E-state index in [1.165, 1.54) is 0 Å². The third-order valence-electron chi connectivity index (χ3n) is 2.16. The molecule has 0 aliphatic carbocycles. The number of sulfonamides is 1. The standard InChI is InChI=1S/C11H14ClN3O2S/c1-18(16,17)15-5-4-14-8-10-3-2-9(7-13)6-11(10)12/h2-3,6,14-15H,4-5,8H2,1H3. The molecule has 0 atom stereocenters. The number of benzene rings is 1. The smallest absolute Gasteiger partial charge is 0.208 e. The van der Waals surface area contributed by atoms with Crippen molar-refractivity contribution in [1.29, 1.82) is 5.26 Å². The van der Waals surface area contributed by atoms with Crippen LogP contribution in [0.1, 0.15) is 11.1 Å². The van der Waals surface area contributed by atoms with Crippen molar-refractivity contribution in [3.63, 3.8) is 0 Å². The second kappa shape index (κ2) is 6.71. The quantitative estimate of drug-likeness (QED) is 0.760. The molecule has 0 aliphatic rings. The van der Waals surface area contributed by atoms with Crippen molar-refractivity contribution in [2.75, 3.05) is 19.3 Å². The topological polar surface area (TPSA) is 82.0 Å². The summed E-state index contributed by atoms with van der Waals surface area (Å²) in [6, 6.07) is 7.08. The van der Waals surface area contributed by atoms with E-state index in [1.54, 1.807) is 18.2 Å². The predicted molar refractivity (Wildman–Crippen MR) is 70.7 cm³/mol. The van der Waals surface area contributed by atoms with E-state index in [1.807, 2.05) is 6.07 Å². The first-order valence-corrected chi connectivity index (χ1v) is 7.53. The zero-order chi connectivity index (χ0) is 13.6. The van der Waals surface area contributed by atoms with Gasteiger partial charge >= 0.3 is 0 Å². The Kier molecular flexibility index (Phi) is 5.56. The summed E-state index contributed by atoms with van der Waals surface area (Å²) in [5.41, 5.74) is 1.39. The summed E-state index contributed by atoms with van der Waals surface area (Å²) in [7, 11) is -3.14. The van der Waals surface area contributed by atoms with Gasteiger partial charge in [-0.05, 0) is 17.7 Å². The van der Waals surface area contributed by atoms with Crippen LogP contribution in [0.2, 0.25) is 5.02 Å². The SMILES string of the molecule is CS(=O)(=O)NCCNCc1ccc(C#N)cc1Cl. The molecule has 18 heavy (non-hydrogen) atoms. The van der Waals surface area contributed by atoms with Crippen molar-refractivity contribution >= 4 is 21.6 Å². The number of hydrogen-bond acceptors (Lipinski definition) is 4. The molecule has 7 heteroatoms. The van der Waals surface area contributed by atoms with Gasteiger partial charge in [-0.25, -0.2) is 13.1 Å². The molecular weight excluding hydrogens is 274 g/mol. The van der Waals surface area contributed by atoms with Crippen LogP contribution in [0.3, 0.4) is 0 Å². The van der Waals surface area contributed by atoms with Crippen LogP contribution in [-0.2, 0) is 16.6 Å². The zero-order valence-corrected chi connectivity index (χ0v) is 11.5. The van der Waals surface area contributed by atoms with E-state index in [4.69, 9.17) is 16.9 Å². The third kappa shape index (κ3) is 5.47. The predicted octanol–water partition coefficient (Wildman–Crippen LogP) is 0.850.